The van der Waals surface area contributed by atoms with Gasteiger partial charge in [-0.25, -0.2) is 4.99 Å². The summed E-state index contributed by atoms with van der Waals surface area (Å²) in [6, 6.07) is 0. The minimum Gasteiger partial charge on any atom is -0.357 e. The molecule has 0 radical (unpaired) electrons. The Morgan fingerprint density at radius 2 is 1.74 bits per heavy atom. The van der Waals surface area contributed by atoms with Crippen molar-refractivity contribution < 1.29 is 0 Å². The number of rotatable bonds is 11. The maximum atomic E-state index is 4.72. The number of guanidine groups is 1. The van der Waals surface area contributed by atoms with Gasteiger partial charge in [-0.05, 0) is 26.2 Å². The average molecular weight is 490 g/mol. The molecular weight excluding hydrogens is 451 g/mol. The zero-order valence-electron chi connectivity index (χ0n) is 17.3. The van der Waals surface area contributed by atoms with Crippen molar-refractivity contribution in [3.05, 3.63) is 11.6 Å². The number of aromatic nitrogens is 3. The van der Waals surface area contributed by atoms with Gasteiger partial charge in [-0.15, -0.1) is 34.2 Å². The lowest BCUT2D eigenvalue weighted by Crippen LogP contribution is -2.37. The highest BCUT2D eigenvalue weighted by Crippen LogP contribution is 2.14. The molecule has 0 bridgehead atoms. The molecule has 0 spiro atoms. The highest BCUT2D eigenvalue weighted by atomic mass is 127. The molecule has 0 aliphatic carbocycles. The van der Waals surface area contributed by atoms with Gasteiger partial charge in [0, 0.05) is 26.1 Å². The average Bonchev–Trinajstić information content (AvgIpc) is 2.88. The van der Waals surface area contributed by atoms with E-state index < -0.39 is 0 Å². The second-order valence-electron chi connectivity index (χ2n) is 7.24. The van der Waals surface area contributed by atoms with E-state index in [0.29, 0.717) is 6.54 Å². The first kappa shape index (κ1) is 24.2. The van der Waals surface area contributed by atoms with Crippen LogP contribution < -0.4 is 10.6 Å². The highest BCUT2D eigenvalue weighted by Gasteiger charge is 2.14. The molecule has 1 aromatic heterocycles. The number of hydrogen-bond acceptors (Lipinski definition) is 3. The monoisotopic (exact) mass is 490 g/mol. The smallest absolute Gasteiger partial charge is 0.191 e. The van der Waals surface area contributed by atoms with E-state index >= 15 is 0 Å². The molecule has 0 aromatic carbocycles. The molecule has 0 saturated heterocycles. The van der Waals surface area contributed by atoms with E-state index in [9.17, 15) is 0 Å². The molecule has 0 unspecified atom stereocenters. The van der Waals surface area contributed by atoms with E-state index in [1.807, 2.05) is 0 Å². The summed E-state index contributed by atoms with van der Waals surface area (Å²) < 4.78 is 2.27. The number of nitrogens with zero attached hydrogens (tertiary/aromatic N) is 4. The van der Waals surface area contributed by atoms with Crippen molar-refractivity contribution in [1.82, 2.24) is 25.4 Å². The Labute approximate surface area is 182 Å². The molecule has 156 valence electrons. The Bertz CT molecular complexity index is 529. The van der Waals surface area contributed by atoms with Crippen molar-refractivity contribution in [3.8, 4) is 0 Å². The standard InChI is InChI=1S/C20H38N6.HI/c1-3-5-6-7-8-9-12-15-22-20(21-4-2)23-17-19-25-24-18-14-11-10-13-16-26(18)19;/h3-17H2,1-2H3,(H2,21,22,23);1H. The third-order valence-corrected chi connectivity index (χ3v) is 4.98. The van der Waals surface area contributed by atoms with Crippen LogP contribution in [-0.4, -0.2) is 33.8 Å². The zero-order valence-corrected chi connectivity index (χ0v) is 19.6. The van der Waals surface area contributed by atoms with Crippen LogP contribution in [0, 0.1) is 0 Å². The van der Waals surface area contributed by atoms with Crippen molar-refractivity contribution in [1.29, 1.82) is 0 Å². The molecule has 2 N–H and O–H groups in total. The third-order valence-electron chi connectivity index (χ3n) is 4.98. The molecule has 1 aliphatic heterocycles. The Kier molecular flexibility index (Phi) is 13.5. The largest absolute Gasteiger partial charge is 0.357 e. The van der Waals surface area contributed by atoms with Gasteiger partial charge in [0.15, 0.2) is 11.8 Å². The molecule has 27 heavy (non-hydrogen) atoms. The molecule has 0 fully saturated rings. The fourth-order valence-corrected chi connectivity index (χ4v) is 3.44. The van der Waals surface area contributed by atoms with Crippen LogP contribution in [0.4, 0.5) is 0 Å². The lowest BCUT2D eigenvalue weighted by Gasteiger charge is -2.11. The summed E-state index contributed by atoms with van der Waals surface area (Å²) >= 11 is 0. The Balaban J connectivity index is 0.00000364. The summed E-state index contributed by atoms with van der Waals surface area (Å²) in [7, 11) is 0. The fraction of sp³-hybridized carbons (Fsp3) is 0.850. The van der Waals surface area contributed by atoms with E-state index in [-0.39, 0.29) is 24.0 Å². The summed E-state index contributed by atoms with van der Waals surface area (Å²) in [5.74, 6) is 3.02. The quantitative estimate of drug-likeness (QED) is 0.209. The first-order chi connectivity index (χ1) is 12.8. The first-order valence-corrected chi connectivity index (χ1v) is 10.8. The van der Waals surface area contributed by atoms with Gasteiger partial charge in [0.1, 0.15) is 12.4 Å². The predicted molar refractivity (Wildman–Crippen MR) is 124 cm³/mol. The van der Waals surface area contributed by atoms with E-state index in [4.69, 9.17) is 4.99 Å². The van der Waals surface area contributed by atoms with Crippen LogP contribution in [0.3, 0.4) is 0 Å². The van der Waals surface area contributed by atoms with Crippen LogP contribution in [0.25, 0.3) is 0 Å². The molecule has 0 atom stereocenters. The van der Waals surface area contributed by atoms with E-state index in [0.717, 1.165) is 43.7 Å². The second-order valence-corrected chi connectivity index (χ2v) is 7.24. The van der Waals surface area contributed by atoms with Gasteiger partial charge in [0.2, 0.25) is 0 Å². The number of unbranched alkanes of at least 4 members (excludes halogenated alkanes) is 6. The predicted octanol–water partition coefficient (Wildman–Crippen LogP) is 4.43. The number of hydrogen-bond donors (Lipinski definition) is 2. The van der Waals surface area contributed by atoms with Gasteiger partial charge in [-0.3, -0.25) is 0 Å². The van der Waals surface area contributed by atoms with Crippen LogP contribution in [0.15, 0.2) is 4.99 Å². The van der Waals surface area contributed by atoms with E-state index in [1.54, 1.807) is 0 Å². The van der Waals surface area contributed by atoms with Gasteiger partial charge in [-0.1, -0.05) is 51.9 Å². The Morgan fingerprint density at radius 3 is 2.52 bits per heavy atom. The number of aryl methyl sites for hydroxylation is 1. The van der Waals surface area contributed by atoms with Gasteiger partial charge in [-0.2, -0.15) is 0 Å². The van der Waals surface area contributed by atoms with Gasteiger partial charge in [0.05, 0.1) is 0 Å². The lowest BCUT2D eigenvalue weighted by atomic mass is 10.1. The van der Waals surface area contributed by atoms with Crippen LogP contribution in [0.1, 0.15) is 89.7 Å². The summed E-state index contributed by atoms with van der Waals surface area (Å²) in [4.78, 5) is 4.72. The first-order valence-electron chi connectivity index (χ1n) is 10.8. The molecule has 6 nitrogen and oxygen atoms in total. The second kappa shape index (κ2) is 15.1. The number of halogens is 1. The number of aliphatic imine (C=N–C) groups is 1. The maximum Gasteiger partial charge on any atom is 0.191 e. The molecular formula is C20H39IN6. The maximum absolute atomic E-state index is 4.72. The van der Waals surface area contributed by atoms with Gasteiger partial charge in [0.25, 0.3) is 0 Å². The minimum absolute atomic E-state index is 0. The van der Waals surface area contributed by atoms with Crippen molar-refractivity contribution in [3.63, 3.8) is 0 Å². The zero-order chi connectivity index (χ0) is 18.5. The molecule has 2 rings (SSSR count). The van der Waals surface area contributed by atoms with E-state index in [1.165, 1.54) is 64.2 Å². The highest BCUT2D eigenvalue weighted by molar-refractivity contribution is 14.0. The van der Waals surface area contributed by atoms with Crippen molar-refractivity contribution >= 4 is 29.9 Å². The molecule has 0 amide bonds. The Morgan fingerprint density at radius 1 is 0.963 bits per heavy atom. The van der Waals surface area contributed by atoms with Crippen molar-refractivity contribution in [2.45, 2.75) is 97.6 Å². The van der Waals surface area contributed by atoms with Crippen LogP contribution >= 0.6 is 24.0 Å². The fourth-order valence-electron chi connectivity index (χ4n) is 3.44. The molecule has 1 aliphatic rings. The van der Waals surface area contributed by atoms with Crippen molar-refractivity contribution in [2.75, 3.05) is 13.1 Å². The van der Waals surface area contributed by atoms with Gasteiger partial charge >= 0.3 is 0 Å². The van der Waals surface area contributed by atoms with Crippen LogP contribution in [0.5, 0.6) is 0 Å². The van der Waals surface area contributed by atoms with Gasteiger partial charge < -0.3 is 15.2 Å². The normalized spacial score (nSPS) is 14.2. The molecule has 7 heteroatoms. The summed E-state index contributed by atoms with van der Waals surface area (Å²) in [6.07, 6.45) is 14.1. The summed E-state index contributed by atoms with van der Waals surface area (Å²) in [6.45, 7) is 7.86. The van der Waals surface area contributed by atoms with Crippen LogP contribution in [-0.2, 0) is 19.5 Å². The SMILES string of the molecule is CCCCCCCCCNC(=NCc1nnc2n1CCCCC2)NCC.I. The Hall–Kier alpha value is -0.860. The third kappa shape index (κ3) is 9.25. The minimum atomic E-state index is 0. The summed E-state index contributed by atoms with van der Waals surface area (Å²) in [5, 5.41) is 15.5. The lowest BCUT2D eigenvalue weighted by molar-refractivity contribution is 0.583. The number of nitrogens with one attached hydrogen (secondary N) is 2. The molecule has 2 heterocycles. The molecule has 1 aromatic rings. The van der Waals surface area contributed by atoms with Crippen LogP contribution in [0.2, 0.25) is 0 Å². The number of fused-ring (bicyclic) bond motifs is 1. The molecule has 0 saturated carbocycles. The van der Waals surface area contributed by atoms with Crippen molar-refractivity contribution in [2.24, 2.45) is 4.99 Å². The topological polar surface area (TPSA) is 67.1 Å². The van der Waals surface area contributed by atoms with E-state index in [2.05, 4.69) is 39.2 Å². The summed E-state index contributed by atoms with van der Waals surface area (Å²) in [5.41, 5.74) is 0.